The van der Waals surface area contributed by atoms with Gasteiger partial charge in [0.05, 0.1) is 11.9 Å². The second kappa shape index (κ2) is 4.71. The largest absolute Gasteiger partial charge is 0.454 e. The lowest BCUT2D eigenvalue weighted by Gasteiger charge is -2.06. The number of rotatable bonds is 4. The molecule has 0 fully saturated rings. The average Bonchev–Trinajstić information content (AvgIpc) is 3.06. The van der Waals surface area contributed by atoms with Gasteiger partial charge < -0.3 is 9.47 Å². The van der Waals surface area contributed by atoms with Crippen LogP contribution >= 0.6 is 0 Å². The van der Waals surface area contributed by atoms with Crippen LogP contribution < -0.4 is 14.2 Å². The fourth-order valence-electron chi connectivity index (χ4n) is 1.83. The van der Waals surface area contributed by atoms with Crippen molar-refractivity contribution in [2.75, 3.05) is 11.5 Å². The van der Waals surface area contributed by atoms with Crippen LogP contribution in [0.4, 0.5) is 5.69 Å². The first-order chi connectivity index (χ1) is 9.58. The number of ether oxygens (including phenoxy) is 2. The van der Waals surface area contributed by atoms with Crippen molar-refractivity contribution in [3.63, 3.8) is 0 Å². The van der Waals surface area contributed by atoms with Gasteiger partial charge in [-0.15, -0.1) is 0 Å². The van der Waals surface area contributed by atoms with Crippen LogP contribution in [0.25, 0.3) is 0 Å². The molecule has 0 spiro atoms. The van der Waals surface area contributed by atoms with Crippen LogP contribution in [0.1, 0.15) is 6.92 Å². The van der Waals surface area contributed by atoms with Crippen molar-refractivity contribution in [1.82, 2.24) is 9.78 Å². The summed E-state index contributed by atoms with van der Waals surface area (Å²) in [5, 5.41) is 3.95. The minimum absolute atomic E-state index is 0.122. The van der Waals surface area contributed by atoms with Gasteiger partial charge in [-0.3, -0.25) is 9.40 Å². The Balaban J connectivity index is 1.86. The molecule has 0 saturated carbocycles. The number of benzene rings is 1. The summed E-state index contributed by atoms with van der Waals surface area (Å²) in [5.74, 6) is 1.13. The van der Waals surface area contributed by atoms with E-state index in [1.807, 2.05) is 6.92 Å². The van der Waals surface area contributed by atoms with Crippen molar-refractivity contribution in [3.05, 3.63) is 30.6 Å². The summed E-state index contributed by atoms with van der Waals surface area (Å²) < 4.78 is 38.8. The van der Waals surface area contributed by atoms with Gasteiger partial charge in [0, 0.05) is 18.8 Å². The van der Waals surface area contributed by atoms with E-state index in [0.717, 1.165) is 0 Å². The fraction of sp³-hybridized carbons (Fsp3) is 0.250. The Bertz CT molecular complexity index is 739. The van der Waals surface area contributed by atoms with E-state index in [9.17, 15) is 8.42 Å². The minimum Gasteiger partial charge on any atom is -0.454 e. The van der Waals surface area contributed by atoms with E-state index in [1.54, 1.807) is 22.9 Å². The topological polar surface area (TPSA) is 82.5 Å². The molecule has 1 N–H and O–H groups in total. The summed E-state index contributed by atoms with van der Waals surface area (Å²) in [7, 11) is -3.65. The van der Waals surface area contributed by atoms with Crippen LogP contribution in [0.5, 0.6) is 11.5 Å². The van der Waals surface area contributed by atoms with E-state index in [0.29, 0.717) is 23.7 Å². The highest BCUT2D eigenvalue weighted by Crippen LogP contribution is 2.34. The summed E-state index contributed by atoms with van der Waals surface area (Å²) in [6.45, 7) is 2.64. The third kappa shape index (κ3) is 2.29. The molecule has 0 saturated heterocycles. The van der Waals surface area contributed by atoms with Crippen molar-refractivity contribution in [3.8, 4) is 11.5 Å². The maximum atomic E-state index is 12.2. The van der Waals surface area contributed by atoms with Gasteiger partial charge in [0.15, 0.2) is 11.5 Å². The molecule has 2 aromatic rings. The van der Waals surface area contributed by atoms with Crippen LogP contribution in [0.2, 0.25) is 0 Å². The molecular formula is C12H13N3O4S. The molecule has 0 atom stereocenters. The number of sulfonamides is 1. The predicted octanol–water partition coefficient (Wildman–Crippen LogP) is 1.43. The van der Waals surface area contributed by atoms with Crippen molar-refractivity contribution < 1.29 is 17.9 Å². The van der Waals surface area contributed by atoms with Crippen LogP contribution in [0, 0.1) is 0 Å². The van der Waals surface area contributed by atoms with E-state index < -0.39 is 10.0 Å². The molecule has 3 rings (SSSR count). The Labute approximate surface area is 116 Å². The molecule has 1 aliphatic heterocycles. The molecule has 1 aromatic heterocycles. The van der Waals surface area contributed by atoms with Gasteiger partial charge in [0.1, 0.15) is 4.90 Å². The van der Waals surface area contributed by atoms with Gasteiger partial charge >= 0.3 is 0 Å². The molecule has 2 heterocycles. The van der Waals surface area contributed by atoms with Crippen LogP contribution in [-0.4, -0.2) is 25.0 Å². The number of aromatic nitrogens is 2. The lowest BCUT2D eigenvalue weighted by molar-refractivity contribution is 0.174. The number of aryl methyl sites for hydroxylation is 1. The summed E-state index contributed by atoms with van der Waals surface area (Å²) in [4.78, 5) is 0.122. The maximum Gasteiger partial charge on any atom is 0.265 e. The van der Waals surface area contributed by atoms with E-state index in [4.69, 9.17) is 9.47 Å². The number of nitrogens with zero attached hydrogens (tertiary/aromatic N) is 2. The van der Waals surface area contributed by atoms with Crippen molar-refractivity contribution >= 4 is 15.7 Å². The highest BCUT2D eigenvalue weighted by Gasteiger charge is 2.19. The van der Waals surface area contributed by atoms with Crippen LogP contribution in [0.3, 0.4) is 0 Å². The van der Waals surface area contributed by atoms with Crippen LogP contribution in [-0.2, 0) is 16.6 Å². The quantitative estimate of drug-likeness (QED) is 0.922. The molecule has 0 unspecified atom stereocenters. The monoisotopic (exact) mass is 295 g/mol. The van der Waals surface area contributed by atoms with Gasteiger partial charge in [-0.1, -0.05) is 0 Å². The summed E-state index contributed by atoms with van der Waals surface area (Å²) in [5.41, 5.74) is 0.415. The van der Waals surface area contributed by atoms with Gasteiger partial charge in [-0.25, -0.2) is 8.42 Å². The lowest BCUT2D eigenvalue weighted by Crippen LogP contribution is -2.12. The number of nitrogens with one attached hydrogen (secondary N) is 1. The third-order valence-electron chi connectivity index (χ3n) is 2.87. The Morgan fingerprint density at radius 3 is 2.90 bits per heavy atom. The van der Waals surface area contributed by atoms with Crippen molar-refractivity contribution in [1.29, 1.82) is 0 Å². The number of anilines is 1. The van der Waals surface area contributed by atoms with Crippen molar-refractivity contribution in [2.45, 2.75) is 18.4 Å². The Morgan fingerprint density at radius 2 is 2.15 bits per heavy atom. The third-order valence-corrected chi connectivity index (χ3v) is 4.20. The van der Waals surface area contributed by atoms with Crippen molar-refractivity contribution in [2.24, 2.45) is 0 Å². The Hall–Kier alpha value is -2.22. The number of hydrogen-bond acceptors (Lipinski definition) is 5. The summed E-state index contributed by atoms with van der Waals surface area (Å²) >= 11 is 0. The van der Waals surface area contributed by atoms with Gasteiger partial charge in [0.25, 0.3) is 10.0 Å². The molecule has 0 amide bonds. The number of fused-ring (bicyclic) bond motifs is 1. The SMILES string of the molecule is CCn1cc(S(=O)(=O)Nc2ccc3c(c2)OCO3)cn1. The molecule has 106 valence electrons. The molecule has 8 heteroatoms. The normalized spacial score (nSPS) is 13.4. The van der Waals surface area contributed by atoms with E-state index in [2.05, 4.69) is 9.82 Å². The van der Waals surface area contributed by atoms with E-state index in [-0.39, 0.29) is 11.7 Å². The molecule has 1 aromatic carbocycles. The average molecular weight is 295 g/mol. The fourth-order valence-corrected chi connectivity index (χ4v) is 2.83. The summed E-state index contributed by atoms with van der Waals surface area (Å²) in [6.07, 6.45) is 2.80. The molecule has 0 bridgehead atoms. The first kappa shape index (κ1) is 12.8. The highest BCUT2D eigenvalue weighted by atomic mass is 32.2. The Morgan fingerprint density at radius 1 is 1.35 bits per heavy atom. The maximum absolute atomic E-state index is 12.2. The minimum atomic E-state index is -3.65. The first-order valence-corrected chi connectivity index (χ1v) is 7.52. The first-order valence-electron chi connectivity index (χ1n) is 6.03. The molecule has 0 aliphatic carbocycles. The van der Waals surface area contributed by atoms with Gasteiger partial charge in [-0.05, 0) is 19.1 Å². The van der Waals surface area contributed by atoms with E-state index in [1.165, 1.54) is 12.4 Å². The zero-order valence-corrected chi connectivity index (χ0v) is 11.6. The molecule has 7 nitrogen and oxygen atoms in total. The lowest BCUT2D eigenvalue weighted by atomic mass is 10.3. The highest BCUT2D eigenvalue weighted by molar-refractivity contribution is 7.92. The van der Waals surface area contributed by atoms with E-state index >= 15 is 0 Å². The molecular weight excluding hydrogens is 282 g/mol. The van der Waals surface area contributed by atoms with Gasteiger partial charge in [-0.2, -0.15) is 5.10 Å². The second-order valence-corrected chi connectivity index (χ2v) is 5.89. The Kier molecular flexibility index (Phi) is 3.01. The smallest absolute Gasteiger partial charge is 0.265 e. The number of hydrogen-bond donors (Lipinski definition) is 1. The predicted molar refractivity (Wildman–Crippen MR) is 71.3 cm³/mol. The zero-order chi connectivity index (χ0) is 14.2. The summed E-state index contributed by atoms with van der Waals surface area (Å²) in [6, 6.07) is 4.87. The zero-order valence-electron chi connectivity index (χ0n) is 10.7. The standard InChI is InChI=1S/C12H13N3O4S/c1-2-15-7-10(6-13-15)20(16,17)14-9-3-4-11-12(5-9)19-8-18-11/h3-7,14H,2,8H2,1H3. The molecule has 1 aliphatic rings. The van der Waals surface area contributed by atoms with Crippen LogP contribution in [0.15, 0.2) is 35.5 Å². The molecule has 20 heavy (non-hydrogen) atoms. The van der Waals surface area contributed by atoms with Gasteiger partial charge in [0.2, 0.25) is 6.79 Å². The molecule has 0 radical (unpaired) electrons. The second-order valence-electron chi connectivity index (χ2n) is 4.21.